The van der Waals surface area contributed by atoms with Gasteiger partial charge < -0.3 is 10.2 Å². The van der Waals surface area contributed by atoms with Crippen molar-refractivity contribution in [3.63, 3.8) is 0 Å². The summed E-state index contributed by atoms with van der Waals surface area (Å²) in [5, 5.41) is 9.81. The number of nitrogens with one attached hydrogen (secondary N) is 1. The number of nitrogens with zero attached hydrogens (tertiary/aromatic N) is 3. The molecule has 0 bridgehead atoms. The maximum absolute atomic E-state index is 12.3. The molecular weight excluding hydrogens is 269 g/mol. The maximum Gasteiger partial charge on any atom is 0.435 e. The van der Waals surface area contributed by atoms with Crippen LogP contribution in [0.2, 0.25) is 0 Å². The third kappa shape index (κ3) is 3.82. The zero-order chi connectivity index (χ0) is 14.8. The lowest BCUT2D eigenvalue weighted by molar-refractivity contribution is -0.141. The Hall–Kier alpha value is -1.37. The van der Waals surface area contributed by atoms with Crippen LogP contribution in [0.15, 0.2) is 12.1 Å². The standard InChI is InChI=1S/C13H19F3N4/c1-9(2)20-6-5-10(8-20)7-17-12-4-3-11(18-19-12)13(14,15)16/h3-4,9-10H,5-8H2,1-2H3,(H,17,19). The molecule has 1 fully saturated rings. The fourth-order valence-electron chi connectivity index (χ4n) is 2.32. The lowest BCUT2D eigenvalue weighted by Gasteiger charge is -2.20. The van der Waals surface area contributed by atoms with Crippen molar-refractivity contribution in [2.75, 3.05) is 25.0 Å². The van der Waals surface area contributed by atoms with E-state index in [1.165, 1.54) is 6.07 Å². The van der Waals surface area contributed by atoms with Crippen LogP contribution in [-0.2, 0) is 6.18 Å². The molecule has 1 unspecified atom stereocenters. The van der Waals surface area contributed by atoms with Gasteiger partial charge in [0.15, 0.2) is 5.69 Å². The molecule has 1 saturated heterocycles. The summed E-state index contributed by atoms with van der Waals surface area (Å²) in [4.78, 5) is 2.39. The predicted molar refractivity (Wildman–Crippen MR) is 70.3 cm³/mol. The van der Waals surface area contributed by atoms with Gasteiger partial charge in [0.1, 0.15) is 5.82 Å². The highest BCUT2D eigenvalue weighted by molar-refractivity contribution is 5.33. The first kappa shape index (κ1) is 15.0. The average Bonchev–Trinajstić information content (AvgIpc) is 2.85. The molecule has 112 valence electrons. The van der Waals surface area contributed by atoms with Crippen molar-refractivity contribution < 1.29 is 13.2 Å². The Labute approximate surface area is 116 Å². The van der Waals surface area contributed by atoms with E-state index in [4.69, 9.17) is 0 Å². The average molecular weight is 288 g/mol. The molecule has 1 aliphatic rings. The molecule has 0 aliphatic carbocycles. The first-order valence-corrected chi connectivity index (χ1v) is 6.75. The third-order valence-corrected chi connectivity index (χ3v) is 3.57. The topological polar surface area (TPSA) is 41.0 Å². The number of hydrogen-bond acceptors (Lipinski definition) is 4. The molecule has 0 radical (unpaired) electrons. The smallest absolute Gasteiger partial charge is 0.368 e. The van der Waals surface area contributed by atoms with E-state index in [-0.39, 0.29) is 0 Å². The van der Waals surface area contributed by atoms with E-state index in [1.807, 2.05) is 0 Å². The molecule has 7 heteroatoms. The van der Waals surface area contributed by atoms with Crippen molar-refractivity contribution in [3.8, 4) is 0 Å². The number of rotatable bonds is 4. The molecule has 2 heterocycles. The fraction of sp³-hybridized carbons (Fsp3) is 0.692. The van der Waals surface area contributed by atoms with Crippen molar-refractivity contribution in [2.45, 2.75) is 32.5 Å². The van der Waals surface area contributed by atoms with Crippen molar-refractivity contribution in [1.29, 1.82) is 0 Å². The van der Waals surface area contributed by atoms with Gasteiger partial charge in [0.25, 0.3) is 0 Å². The molecule has 2 rings (SSSR count). The summed E-state index contributed by atoms with van der Waals surface area (Å²) in [5.41, 5.74) is -0.963. The minimum atomic E-state index is -4.44. The summed E-state index contributed by atoms with van der Waals surface area (Å²) >= 11 is 0. The highest BCUT2D eigenvalue weighted by Gasteiger charge is 2.33. The lowest BCUT2D eigenvalue weighted by Crippen LogP contribution is -2.29. The van der Waals surface area contributed by atoms with E-state index < -0.39 is 11.9 Å². The Bertz CT molecular complexity index is 430. The van der Waals surface area contributed by atoms with Crippen molar-refractivity contribution in [1.82, 2.24) is 15.1 Å². The normalized spacial score (nSPS) is 20.6. The first-order chi connectivity index (χ1) is 9.36. The Morgan fingerprint density at radius 1 is 1.35 bits per heavy atom. The van der Waals surface area contributed by atoms with Crippen molar-refractivity contribution in [2.24, 2.45) is 5.92 Å². The molecule has 4 nitrogen and oxygen atoms in total. The van der Waals surface area contributed by atoms with E-state index in [9.17, 15) is 13.2 Å². The van der Waals surface area contributed by atoms with Crippen LogP contribution in [0.1, 0.15) is 26.0 Å². The number of halogens is 3. The quantitative estimate of drug-likeness (QED) is 0.924. The van der Waals surface area contributed by atoms with Crippen LogP contribution >= 0.6 is 0 Å². The Kier molecular flexibility index (Phi) is 4.47. The molecule has 1 aliphatic heterocycles. The minimum Gasteiger partial charge on any atom is -0.368 e. The van der Waals surface area contributed by atoms with Crippen LogP contribution in [0.3, 0.4) is 0 Å². The Morgan fingerprint density at radius 3 is 2.60 bits per heavy atom. The van der Waals surface area contributed by atoms with Gasteiger partial charge in [0.05, 0.1) is 0 Å². The van der Waals surface area contributed by atoms with Gasteiger partial charge >= 0.3 is 6.18 Å². The number of alkyl halides is 3. The van der Waals surface area contributed by atoms with E-state index in [0.717, 1.165) is 25.6 Å². The number of aromatic nitrogens is 2. The van der Waals surface area contributed by atoms with Gasteiger partial charge in [-0.3, -0.25) is 0 Å². The molecule has 20 heavy (non-hydrogen) atoms. The van der Waals surface area contributed by atoms with Gasteiger partial charge in [-0.05, 0) is 44.9 Å². The Balaban J connectivity index is 1.83. The van der Waals surface area contributed by atoms with Crippen LogP contribution in [0.4, 0.5) is 19.0 Å². The van der Waals surface area contributed by atoms with Crippen LogP contribution in [0, 0.1) is 5.92 Å². The number of likely N-dealkylation sites (tertiary alicyclic amines) is 1. The summed E-state index contributed by atoms with van der Waals surface area (Å²) in [5.74, 6) is 0.891. The number of hydrogen-bond donors (Lipinski definition) is 1. The molecule has 1 aromatic heterocycles. The first-order valence-electron chi connectivity index (χ1n) is 6.75. The molecule has 0 amide bonds. The molecule has 1 atom stereocenters. The van der Waals surface area contributed by atoms with Crippen LogP contribution in [-0.4, -0.2) is 40.8 Å². The molecule has 0 aromatic carbocycles. The van der Waals surface area contributed by atoms with Gasteiger partial charge in [-0.15, -0.1) is 10.2 Å². The highest BCUT2D eigenvalue weighted by Crippen LogP contribution is 2.27. The van der Waals surface area contributed by atoms with Gasteiger partial charge in [0.2, 0.25) is 0 Å². The summed E-state index contributed by atoms with van der Waals surface area (Å²) in [7, 11) is 0. The zero-order valence-electron chi connectivity index (χ0n) is 11.6. The third-order valence-electron chi connectivity index (χ3n) is 3.57. The van der Waals surface area contributed by atoms with E-state index >= 15 is 0 Å². The summed E-state index contributed by atoms with van der Waals surface area (Å²) < 4.78 is 37.0. The van der Waals surface area contributed by atoms with Gasteiger partial charge in [-0.25, -0.2) is 0 Å². The monoisotopic (exact) mass is 288 g/mol. The zero-order valence-corrected chi connectivity index (χ0v) is 11.6. The van der Waals surface area contributed by atoms with Crippen molar-refractivity contribution >= 4 is 5.82 Å². The molecule has 1 N–H and O–H groups in total. The van der Waals surface area contributed by atoms with Gasteiger partial charge in [0, 0.05) is 19.1 Å². The predicted octanol–water partition coefficient (Wildman–Crippen LogP) is 2.64. The van der Waals surface area contributed by atoms with Crippen LogP contribution in [0.25, 0.3) is 0 Å². The highest BCUT2D eigenvalue weighted by atomic mass is 19.4. The van der Waals surface area contributed by atoms with E-state index in [1.54, 1.807) is 0 Å². The molecule has 1 aromatic rings. The number of anilines is 1. The van der Waals surface area contributed by atoms with Crippen molar-refractivity contribution in [3.05, 3.63) is 17.8 Å². The largest absolute Gasteiger partial charge is 0.435 e. The van der Waals surface area contributed by atoms with Crippen LogP contribution < -0.4 is 5.32 Å². The minimum absolute atomic E-state index is 0.390. The second-order valence-corrected chi connectivity index (χ2v) is 5.43. The summed E-state index contributed by atoms with van der Waals surface area (Å²) in [6.07, 6.45) is -3.34. The summed E-state index contributed by atoms with van der Waals surface area (Å²) in [6.45, 7) is 7.12. The Morgan fingerprint density at radius 2 is 2.10 bits per heavy atom. The molecule has 0 spiro atoms. The SMILES string of the molecule is CC(C)N1CCC(CNc2ccc(C(F)(F)F)nn2)C1. The fourth-order valence-corrected chi connectivity index (χ4v) is 2.32. The maximum atomic E-state index is 12.3. The van der Waals surface area contributed by atoms with E-state index in [0.29, 0.717) is 24.3 Å². The van der Waals surface area contributed by atoms with Gasteiger partial charge in [-0.1, -0.05) is 0 Å². The molecular formula is C13H19F3N4. The van der Waals surface area contributed by atoms with E-state index in [2.05, 4.69) is 34.3 Å². The second kappa shape index (κ2) is 5.95. The lowest BCUT2D eigenvalue weighted by atomic mass is 10.1. The summed E-state index contributed by atoms with van der Waals surface area (Å²) in [6, 6.07) is 2.81. The molecule has 0 saturated carbocycles. The second-order valence-electron chi connectivity index (χ2n) is 5.43. The van der Waals surface area contributed by atoms with Gasteiger partial charge in [-0.2, -0.15) is 13.2 Å². The van der Waals surface area contributed by atoms with Crippen LogP contribution in [0.5, 0.6) is 0 Å².